The van der Waals surface area contributed by atoms with Gasteiger partial charge in [0, 0.05) is 11.8 Å². The van der Waals surface area contributed by atoms with Crippen LogP contribution in [0.25, 0.3) is 0 Å². The van der Waals surface area contributed by atoms with Gasteiger partial charge in [-0.3, -0.25) is 9.59 Å². The Balaban J connectivity index is 1.69. The summed E-state index contributed by atoms with van der Waals surface area (Å²) in [5.41, 5.74) is 4.46. The monoisotopic (exact) mass is 470 g/mol. The number of rotatable bonds is 5. The van der Waals surface area contributed by atoms with Crippen molar-refractivity contribution in [2.75, 3.05) is 11.1 Å². The summed E-state index contributed by atoms with van der Waals surface area (Å²) >= 11 is 6.55. The minimum atomic E-state index is -4.66. The number of amides is 2. The van der Waals surface area contributed by atoms with Gasteiger partial charge in [0.15, 0.2) is 0 Å². The number of nitrogens with one attached hydrogen (secondary N) is 2. The fraction of sp³-hybridized carbons (Fsp3) is 0.167. The highest BCUT2D eigenvalue weighted by atomic mass is 35.5. The summed E-state index contributed by atoms with van der Waals surface area (Å²) in [6, 6.07) is 3.80. The number of aromatic nitrogens is 3. The third kappa shape index (κ3) is 5.47. The maximum absolute atomic E-state index is 13.0. The van der Waals surface area contributed by atoms with Crippen molar-refractivity contribution in [2.45, 2.75) is 19.1 Å². The zero-order valence-electron chi connectivity index (χ0n) is 15.7. The van der Waals surface area contributed by atoms with Gasteiger partial charge in [0.25, 0.3) is 11.8 Å². The molecule has 31 heavy (non-hydrogen) atoms. The van der Waals surface area contributed by atoms with Crippen molar-refractivity contribution in [1.82, 2.24) is 20.3 Å². The number of thiazole rings is 1. The third-order valence-electron chi connectivity index (χ3n) is 3.92. The molecule has 8 nitrogen and oxygen atoms in total. The zero-order chi connectivity index (χ0) is 22.8. The molecule has 0 saturated carbocycles. The largest absolute Gasteiger partial charge is 0.417 e. The van der Waals surface area contributed by atoms with Crippen LogP contribution >= 0.6 is 22.9 Å². The van der Waals surface area contributed by atoms with Gasteiger partial charge < -0.3 is 16.4 Å². The van der Waals surface area contributed by atoms with Crippen molar-refractivity contribution in [3.63, 3.8) is 0 Å². The first kappa shape index (κ1) is 22.4. The smallest absolute Gasteiger partial charge is 0.384 e. The lowest BCUT2D eigenvalue weighted by molar-refractivity contribution is -0.137. The van der Waals surface area contributed by atoms with E-state index in [-0.39, 0.29) is 22.1 Å². The second kappa shape index (κ2) is 8.86. The second-order valence-electron chi connectivity index (χ2n) is 6.23. The molecule has 1 aromatic carbocycles. The van der Waals surface area contributed by atoms with Crippen LogP contribution < -0.4 is 16.4 Å². The van der Waals surface area contributed by atoms with E-state index >= 15 is 0 Å². The van der Waals surface area contributed by atoms with Crippen LogP contribution in [0, 0.1) is 0 Å². The minimum absolute atomic E-state index is 0.0667. The molecule has 1 atom stereocenters. The highest BCUT2D eigenvalue weighted by Crippen LogP contribution is 2.36. The number of hydrogen-bond acceptors (Lipinski definition) is 7. The average molecular weight is 471 g/mol. The summed E-state index contributed by atoms with van der Waals surface area (Å²) in [5, 5.41) is 4.98. The van der Waals surface area contributed by atoms with Crippen molar-refractivity contribution in [3.05, 3.63) is 63.0 Å². The van der Waals surface area contributed by atoms with Gasteiger partial charge in [0.05, 0.1) is 22.8 Å². The highest BCUT2D eigenvalue weighted by molar-refractivity contribution is 7.13. The maximum Gasteiger partial charge on any atom is 0.417 e. The Labute approximate surface area is 182 Å². The van der Waals surface area contributed by atoms with E-state index in [0.717, 1.165) is 29.8 Å². The van der Waals surface area contributed by atoms with Crippen LogP contribution in [-0.4, -0.2) is 26.8 Å². The van der Waals surface area contributed by atoms with E-state index < -0.39 is 34.6 Å². The fourth-order valence-corrected chi connectivity index (χ4v) is 3.47. The fourth-order valence-electron chi connectivity index (χ4n) is 2.43. The van der Waals surface area contributed by atoms with Gasteiger partial charge >= 0.3 is 6.18 Å². The number of nitrogens with two attached hydrogens (primary N) is 1. The van der Waals surface area contributed by atoms with Crippen molar-refractivity contribution in [1.29, 1.82) is 0 Å². The molecule has 13 heteroatoms. The summed E-state index contributed by atoms with van der Waals surface area (Å²) in [5.74, 6) is -1.03. The summed E-state index contributed by atoms with van der Waals surface area (Å²) in [4.78, 5) is 36.4. The molecule has 4 N–H and O–H groups in total. The third-order valence-corrected chi connectivity index (χ3v) is 5.42. The first-order chi connectivity index (χ1) is 14.5. The van der Waals surface area contributed by atoms with Gasteiger partial charge in [0.2, 0.25) is 0 Å². The van der Waals surface area contributed by atoms with Gasteiger partial charge in [0.1, 0.15) is 27.7 Å². The Kier molecular flexibility index (Phi) is 6.41. The molecule has 0 unspecified atom stereocenters. The molecule has 2 heterocycles. The first-order valence-electron chi connectivity index (χ1n) is 8.57. The van der Waals surface area contributed by atoms with Crippen molar-refractivity contribution in [2.24, 2.45) is 0 Å². The maximum atomic E-state index is 13.0. The number of nitrogen functional groups attached to an aromatic ring is 1. The molecule has 0 radical (unpaired) electrons. The molecule has 0 fully saturated rings. The predicted molar refractivity (Wildman–Crippen MR) is 109 cm³/mol. The van der Waals surface area contributed by atoms with Gasteiger partial charge in [-0.05, 0) is 25.1 Å². The Morgan fingerprint density at radius 2 is 1.90 bits per heavy atom. The van der Waals surface area contributed by atoms with Gasteiger partial charge in [-0.15, -0.1) is 11.3 Å². The second-order valence-corrected chi connectivity index (χ2v) is 7.70. The standard InChI is InChI=1S/C18H14ClF3N6O2S/c1-8(27-15(29)12-5-14(23)26-7-25-12)17-24-6-13(31-17)16(30)28-9-2-3-11(19)10(4-9)18(20,21)22/h2-8H,1H3,(H,27,29)(H,28,30)(H2,23,25,26)/t8-/m1/s1. The summed E-state index contributed by atoms with van der Waals surface area (Å²) < 4.78 is 38.9. The molecule has 0 spiro atoms. The van der Waals surface area contributed by atoms with E-state index in [4.69, 9.17) is 17.3 Å². The van der Waals surface area contributed by atoms with Crippen LogP contribution in [-0.2, 0) is 6.18 Å². The number of anilines is 2. The molecule has 2 aromatic heterocycles. The summed E-state index contributed by atoms with van der Waals surface area (Å²) in [6.07, 6.45) is -2.24. The summed E-state index contributed by atoms with van der Waals surface area (Å²) in [7, 11) is 0. The van der Waals surface area contributed by atoms with Gasteiger partial charge in [-0.1, -0.05) is 11.6 Å². The van der Waals surface area contributed by atoms with Crippen molar-refractivity contribution >= 4 is 46.3 Å². The van der Waals surface area contributed by atoms with Crippen LogP contribution in [0.5, 0.6) is 0 Å². The number of nitrogens with zero attached hydrogens (tertiary/aromatic N) is 3. The van der Waals surface area contributed by atoms with Crippen LogP contribution in [0.2, 0.25) is 5.02 Å². The van der Waals surface area contributed by atoms with E-state index in [9.17, 15) is 22.8 Å². The van der Waals surface area contributed by atoms with Crippen LogP contribution in [0.1, 0.15) is 43.7 Å². The number of alkyl halides is 3. The quantitative estimate of drug-likeness (QED) is 0.519. The van der Waals surface area contributed by atoms with E-state index in [1.807, 2.05) is 0 Å². The van der Waals surface area contributed by atoms with Crippen LogP contribution in [0.4, 0.5) is 24.7 Å². The first-order valence-corrected chi connectivity index (χ1v) is 9.76. The Bertz CT molecular complexity index is 1140. The topological polar surface area (TPSA) is 123 Å². The van der Waals surface area contributed by atoms with Crippen molar-refractivity contribution in [3.8, 4) is 0 Å². The zero-order valence-corrected chi connectivity index (χ0v) is 17.3. The van der Waals surface area contributed by atoms with Crippen LogP contribution in [0.15, 0.2) is 36.8 Å². The molecule has 0 aliphatic heterocycles. The molecule has 3 rings (SSSR count). The SMILES string of the molecule is C[C@@H](NC(=O)c1cc(N)ncn1)c1ncc(C(=O)Nc2ccc(Cl)c(C(F)(F)F)c2)s1. The lowest BCUT2D eigenvalue weighted by Crippen LogP contribution is -2.27. The van der Waals surface area contributed by atoms with E-state index in [1.165, 1.54) is 18.3 Å². The molecule has 0 saturated heterocycles. The molecule has 2 amide bonds. The van der Waals surface area contributed by atoms with E-state index in [2.05, 4.69) is 25.6 Å². The van der Waals surface area contributed by atoms with Crippen LogP contribution in [0.3, 0.4) is 0 Å². The minimum Gasteiger partial charge on any atom is -0.384 e. The number of carbonyl (C=O) groups is 2. The number of carbonyl (C=O) groups excluding carboxylic acids is 2. The molecule has 3 aromatic rings. The molecular weight excluding hydrogens is 457 g/mol. The Morgan fingerprint density at radius 1 is 1.16 bits per heavy atom. The number of halogens is 4. The highest BCUT2D eigenvalue weighted by Gasteiger charge is 2.33. The molecular formula is C18H14ClF3N6O2S. The van der Waals surface area contributed by atoms with Gasteiger partial charge in [-0.2, -0.15) is 13.2 Å². The van der Waals surface area contributed by atoms with Gasteiger partial charge in [-0.25, -0.2) is 15.0 Å². The number of hydrogen-bond donors (Lipinski definition) is 3. The normalized spacial score (nSPS) is 12.3. The lowest BCUT2D eigenvalue weighted by atomic mass is 10.2. The molecule has 0 aliphatic carbocycles. The molecule has 0 bridgehead atoms. The van der Waals surface area contributed by atoms with Crippen molar-refractivity contribution < 1.29 is 22.8 Å². The molecule has 162 valence electrons. The van der Waals surface area contributed by atoms with E-state index in [0.29, 0.717) is 5.01 Å². The molecule has 0 aliphatic rings. The Hall–Kier alpha value is -3.25. The number of benzene rings is 1. The summed E-state index contributed by atoms with van der Waals surface area (Å²) in [6.45, 7) is 1.65. The van der Waals surface area contributed by atoms with E-state index in [1.54, 1.807) is 6.92 Å². The average Bonchev–Trinajstić information content (AvgIpc) is 3.19. The predicted octanol–water partition coefficient (Wildman–Crippen LogP) is 3.93. The lowest BCUT2D eigenvalue weighted by Gasteiger charge is -2.11. The Morgan fingerprint density at radius 3 is 2.58 bits per heavy atom.